The monoisotopic (exact) mass is 447 g/mol. The molecule has 0 saturated carbocycles. The van der Waals surface area contributed by atoms with Gasteiger partial charge in [0.25, 0.3) is 5.69 Å². The summed E-state index contributed by atoms with van der Waals surface area (Å²) in [5.74, 6) is -0.258. The van der Waals surface area contributed by atoms with Gasteiger partial charge in [0.05, 0.1) is 36.1 Å². The van der Waals surface area contributed by atoms with Gasteiger partial charge in [0, 0.05) is 42.3 Å². The van der Waals surface area contributed by atoms with Gasteiger partial charge in [0.1, 0.15) is 0 Å². The number of carbonyl (C=O) groups is 1. The van der Waals surface area contributed by atoms with Gasteiger partial charge >= 0.3 is 0 Å². The van der Waals surface area contributed by atoms with Gasteiger partial charge in [0.15, 0.2) is 0 Å². The molecule has 4 rings (SSSR count). The van der Waals surface area contributed by atoms with Crippen LogP contribution in [0.2, 0.25) is 0 Å². The summed E-state index contributed by atoms with van der Waals surface area (Å²) in [5.41, 5.74) is 3.64. The van der Waals surface area contributed by atoms with Crippen LogP contribution >= 0.6 is 0 Å². The number of non-ortho nitro benzene ring substituents is 1. The Bertz CT molecular complexity index is 1100. The fourth-order valence-electron chi connectivity index (χ4n) is 3.54. The molecule has 33 heavy (non-hydrogen) atoms. The Balaban J connectivity index is 1.39. The average molecular weight is 447 g/mol. The number of hydrogen-bond donors (Lipinski definition) is 3. The topological polar surface area (TPSA) is 109 Å². The highest BCUT2D eigenvalue weighted by Gasteiger charge is 2.13. The molecule has 9 nitrogen and oxygen atoms in total. The van der Waals surface area contributed by atoms with Crippen LogP contribution < -0.4 is 20.9 Å². The largest absolute Gasteiger partial charge is 0.378 e. The summed E-state index contributed by atoms with van der Waals surface area (Å²) in [4.78, 5) is 25.5. The third kappa shape index (κ3) is 5.98. The maximum absolute atomic E-state index is 12.5. The van der Waals surface area contributed by atoms with Crippen LogP contribution in [0.5, 0.6) is 0 Å². The van der Waals surface area contributed by atoms with Gasteiger partial charge in [-0.25, -0.2) is 0 Å². The molecule has 0 radical (unpaired) electrons. The minimum absolute atomic E-state index is 0.0458. The second kappa shape index (κ2) is 10.5. The van der Waals surface area contributed by atoms with E-state index in [2.05, 4.69) is 20.9 Å². The Morgan fingerprint density at radius 2 is 1.67 bits per heavy atom. The summed E-state index contributed by atoms with van der Waals surface area (Å²) in [7, 11) is 0. The van der Waals surface area contributed by atoms with E-state index in [9.17, 15) is 14.9 Å². The normalized spacial score (nSPS) is 13.3. The molecule has 0 spiro atoms. The zero-order chi connectivity index (χ0) is 23.0. The highest BCUT2D eigenvalue weighted by atomic mass is 16.6. The molecule has 0 aliphatic carbocycles. The van der Waals surface area contributed by atoms with Gasteiger partial charge in [0.2, 0.25) is 5.91 Å². The number of amides is 1. The molecule has 0 bridgehead atoms. The first kappa shape index (κ1) is 22.1. The number of morpholine rings is 1. The maximum Gasteiger partial charge on any atom is 0.271 e. The van der Waals surface area contributed by atoms with E-state index in [0.717, 1.165) is 24.5 Å². The number of rotatable bonds is 8. The molecule has 0 atom stereocenters. The number of carbonyl (C=O) groups excluding carboxylic acids is 1. The maximum atomic E-state index is 12.5. The van der Waals surface area contributed by atoms with Crippen molar-refractivity contribution in [3.63, 3.8) is 0 Å². The molecular weight excluding hydrogens is 422 g/mol. The molecule has 1 aliphatic rings. The van der Waals surface area contributed by atoms with Crippen molar-refractivity contribution in [3.05, 3.63) is 82.9 Å². The second-order valence-electron chi connectivity index (χ2n) is 7.53. The van der Waals surface area contributed by atoms with E-state index in [4.69, 9.17) is 4.74 Å². The smallest absolute Gasteiger partial charge is 0.271 e. The number of anilines is 5. The van der Waals surface area contributed by atoms with Crippen LogP contribution in [-0.2, 0) is 9.53 Å². The number of benzene rings is 3. The molecular formula is C24H25N5O4. The van der Waals surface area contributed by atoms with E-state index in [-0.39, 0.29) is 18.1 Å². The minimum atomic E-state index is -0.465. The first-order valence-electron chi connectivity index (χ1n) is 10.7. The molecule has 0 unspecified atom stereocenters. The molecule has 1 aliphatic heterocycles. The molecule has 3 aromatic carbocycles. The zero-order valence-corrected chi connectivity index (χ0v) is 18.0. The molecule has 1 amide bonds. The second-order valence-corrected chi connectivity index (χ2v) is 7.53. The summed E-state index contributed by atoms with van der Waals surface area (Å²) in [6.07, 6.45) is 0. The fourth-order valence-corrected chi connectivity index (χ4v) is 3.54. The lowest BCUT2D eigenvalue weighted by molar-refractivity contribution is -0.384. The van der Waals surface area contributed by atoms with Crippen LogP contribution in [0.3, 0.4) is 0 Å². The molecule has 170 valence electrons. The summed E-state index contributed by atoms with van der Waals surface area (Å²) in [6, 6.07) is 21.6. The average Bonchev–Trinajstić information content (AvgIpc) is 2.85. The number of nitrogens with one attached hydrogen (secondary N) is 3. The Labute approximate surface area is 191 Å². The summed E-state index contributed by atoms with van der Waals surface area (Å²) in [5, 5.41) is 20.3. The molecule has 3 aromatic rings. The Morgan fingerprint density at radius 1 is 0.939 bits per heavy atom. The number of nitro benzene ring substituents is 1. The van der Waals surface area contributed by atoms with Gasteiger partial charge in [-0.2, -0.15) is 0 Å². The van der Waals surface area contributed by atoms with Crippen molar-refractivity contribution >= 4 is 40.0 Å². The molecule has 1 fully saturated rings. The highest BCUT2D eigenvalue weighted by Crippen LogP contribution is 2.29. The lowest BCUT2D eigenvalue weighted by Crippen LogP contribution is -2.36. The highest BCUT2D eigenvalue weighted by molar-refractivity contribution is 5.94. The van der Waals surface area contributed by atoms with Crippen LogP contribution in [0.15, 0.2) is 72.8 Å². The van der Waals surface area contributed by atoms with Crippen molar-refractivity contribution in [2.24, 2.45) is 0 Å². The van der Waals surface area contributed by atoms with Crippen LogP contribution in [-0.4, -0.2) is 43.7 Å². The van der Waals surface area contributed by atoms with Gasteiger partial charge in [-0.3, -0.25) is 14.9 Å². The van der Waals surface area contributed by atoms with Crippen molar-refractivity contribution in [1.29, 1.82) is 0 Å². The van der Waals surface area contributed by atoms with Crippen LogP contribution in [0.1, 0.15) is 0 Å². The summed E-state index contributed by atoms with van der Waals surface area (Å²) < 4.78 is 5.38. The summed E-state index contributed by atoms with van der Waals surface area (Å²) >= 11 is 0. The predicted molar refractivity (Wildman–Crippen MR) is 129 cm³/mol. The SMILES string of the molecule is O=C(CNc1cc([N+](=O)[O-])ccc1Nc1ccccc1)Nc1ccc(N2CCOCC2)cc1. The molecule has 0 aromatic heterocycles. The number of para-hydroxylation sites is 1. The predicted octanol–water partition coefficient (Wildman–Crippen LogP) is 4.23. The van der Waals surface area contributed by atoms with Crippen molar-refractivity contribution in [2.75, 3.05) is 53.7 Å². The van der Waals surface area contributed by atoms with Gasteiger partial charge in [-0.1, -0.05) is 18.2 Å². The molecule has 9 heteroatoms. The fraction of sp³-hybridized carbons (Fsp3) is 0.208. The van der Waals surface area contributed by atoms with E-state index in [1.807, 2.05) is 54.6 Å². The van der Waals surface area contributed by atoms with E-state index >= 15 is 0 Å². The van der Waals surface area contributed by atoms with E-state index in [1.165, 1.54) is 12.1 Å². The van der Waals surface area contributed by atoms with Crippen molar-refractivity contribution in [2.45, 2.75) is 0 Å². The number of hydrogen-bond acceptors (Lipinski definition) is 7. The lowest BCUT2D eigenvalue weighted by Gasteiger charge is -2.28. The lowest BCUT2D eigenvalue weighted by atomic mass is 10.2. The summed E-state index contributed by atoms with van der Waals surface area (Å²) in [6.45, 7) is 3.07. The molecule has 1 saturated heterocycles. The van der Waals surface area contributed by atoms with Crippen molar-refractivity contribution < 1.29 is 14.5 Å². The third-order valence-electron chi connectivity index (χ3n) is 5.23. The van der Waals surface area contributed by atoms with E-state index < -0.39 is 4.92 Å². The standard InChI is InChI=1S/C24H25N5O4/c30-24(27-19-6-8-20(9-7-19)28-12-14-33-15-13-28)17-25-23-16-21(29(31)32)10-11-22(23)26-18-4-2-1-3-5-18/h1-11,16,25-26H,12-15,17H2,(H,27,30). The Morgan fingerprint density at radius 3 is 2.36 bits per heavy atom. The van der Waals surface area contributed by atoms with Crippen LogP contribution in [0.4, 0.5) is 34.1 Å². The van der Waals surface area contributed by atoms with Crippen LogP contribution in [0, 0.1) is 10.1 Å². The third-order valence-corrected chi connectivity index (χ3v) is 5.23. The molecule has 1 heterocycles. The van der Waals surface area contributed by atoms with Crippen molar-refractivity contribution in [3.8, 4) is 0 Å². The number of nitro groups is 1. The Kier molecular flexibility index (Phi) is 7.01. The number of nitrogens with zero attached hydrogens (tertiary/aromatic N) is 2. The van der Waals surface area contributed by atoms with Gasteiger partial charge < -0.3 is 25.6 Å². The van der Waals surface area contributed by atoms with Gasteiger partial charge in [-0.05, 0) is 42.5 Å². The first-order chi connectivity index (χ1) is 16.1. The van der Waals surface area contributed by atoms with E-state index in [0.29, 0.717) is 30.3 Å². The quantitative estimate of drug-likeness (QED) is 0.350. The zero-order valence-electron chi connectivity index (χ0n) is 18.0. The molecule has 3 N–H and O–H groups in total. The number of ether oxygens (including phenoxy) is 1. The van der Waals surface area contributed by atoms with Crippen LogP contribution in [0.25, 0.3) is 0 Å². The minimum Gasteiger partial charge on any atom is -0.378 e. The Hall–Kier alpha value is -4.11. The first-order valence-corrected chi connectivity index (χ1v) is 10.7. The van der Waals surface area contributed by atoms with E-state index in [1.54, 1.807) is 6.07 Å². The van der Waals surface area contributed by atoms with Gasteiger partial charge in [-0.15, -0.1) is 0 Å². The van der Waals surface area contributed by atoms with Crippen molar-refractivity contribution in [1.82, 2.24) is 0 Å².